The summed E-state index contributed by atoms with van der Waals surface area (Å²) in [6, 6.07) is 1.14. The average Bonchev–Trinajstić information content (AvgIpc) is 2.28. The zero-order valence-corrected chi connectivity index (χ0v) is 9.75. The molecule has 0 saturated heterocycles. The van der Waals surface area contributed by atoms with Crippen LogP contribution in [0.25, 0.3) is 0 Å². The Morgan fingerprint density at radius 3 is 2.61 bits per heavy atom. The first kappa shape index (κ1) is 12.9. The summed E-state index contributed by atoms with van der Waals surface area (Å²) in [6.45, 7) is 0.0644. The van der Waals surface area contributed by atoms with Crippen LogP contribution < -0.4 is 15.2 Å². The summed E-state index contributed by atoms with van der Waals surface area (Å²) in [5, 5.41) is 0. The Morgan fingerprint density at radius 1 is 1.44 bits per heavy atom. The fraction of sp³-hybridized carbons (Fsp3) is 0.545. The molecule has 0 aliphatic heterocycles. The van der Waals surface area contributed by atoms with Crippen molar-refractivity contribution < 1.29 is 22.6 Å². The molecule has 18 heavy (non-hydrogen) atoms. The molecule has 1 aliphatic carbocycles. The molecule has 0 amide bonds. The topological polar surface area (TPSA) is 57.4 Å². The molecule has 2 rings (SSSR count). The minimum absolute atomic E-state index is 0.0644. The highest BCUT2D eigenvalue weighted by Gasteiger charge is 2.47. The molecule has 0 atom stereocenters. The van der Waals surface area contributed by atoms with Crippen LogP contribution in [0.3, 0.4) is 0 Å². The number of halogens is 3. The van der Waals surface area contributed by atoms with E-state index >= 15 is 0 Å². The molecule has 0 spiro atoms. The van der Waals surface area contributed by atoms with Crippen molar-refractivity contribution in [2.75, 3.05) is 7.11 Å². The minimum Gasteiger partial charge on any atom is -0.481 e. The van der Waals surface area contributed by atoms with Crippen molar-refractivity contribution >= 4 is 0 Å². The summed E-state index contributed by atoms with van der Waals surface area (Å²) in [7, 11) is 1.36. The predicted molar refractivity (Wildman–Crippen MR) is 57.2 cm³/mol. The van der Waals surface area contributed by atoms with E-state index in [9.17, 15) is 13.2 Å². The first-order chi connectivity index (χ1) is 8.45. The van der Waals surface area contributed by atoms with Crippen LogP contribution in [0.15, 0.2) is 6.07 Å². The Bertz CT molecular complexity index is 446. The van der Waals surface area contributed by atoms with Crippen molar-refractivity contribution in [1.29, 1.82) is 0 Å². The van der Waals surface area contributed by atoms with E-state index in [4.69, 9.17) is 15.2 Å². The van der Waals surface area contributed by atoms with Gasteiger partial charge in [0.15, 0.2) is 5.82 Å². The second-order valence-corrected chi connectivity index (χ2v) is 4.15. The van der Waals surface area contributed by atoms with Crippen LogP contribution in [-0.4, -0.2) is 24.1 Å². The van der Waals surface area contributed by atoms with Gasteiger partial charge in [0, 0.05) is 24.9 Å². The highest BCUT2D eigenvalue weighted by molar-refractivity contribution is 5.32. The molecule has 1 aliphatic rings. The molecule has 1 aromatic heterocycles. The summed E-state index contributed by atoms with van der Waals surface area (Å²) in [4.78, 5) is 3.79. The van der Waals surface area contributed by atoms with E-state index in [1.54, 1.807) is 0 Å². The summed E-state index contributed by atoms with van der Waals surface area (Å²) in [6.07, 6.45) is -1.56. The molecule has 0 radical (unpaired) electrons. The van der Waals surface area contributed by atoms with Gasteiger partial charge in [-0.05, 0) is 6.07 Å². The van der Waals surface area contributed by atoms with E-state index in [1.807, 2.05) is 0 Å². The number of nitrogens with two attached hydrogens (primary N) is 1. The van der Waals surface area contributed by atoms with Crippen molar-refractivity contribution in [2.24, 2.45) is 5.73 Å². The second-order valence-electron chi connectivity index (χ2n) is 4.15. The standard InChI is InChI=1S/C11H13F3N2O2/c1-17-9-6(5-15)2-8(12)10(16-9)18-7-3-11(13,14)4-7/h2,7H,3-5,15H2,1H3. The maximum Gasteiger partial charge on any atom is 0.255 e. The number of hydrogen-bond acceptors (Lipinski definition) is 4. The van der Waals surface area contributed by atoms with Gasteiger partial charge in [0.2, 0.25) is 5.88 Å². The van der Waals surface area contributed by atoms with Crippen molar-refractivity contribution in [3.63, 3.8) is 0 Å². The monoisotopic (exact) mass is 262 g/mol. The van der Waals surface area contributed by atoms with E-state index < -0.39 is 30.7 Å². The summed E-state index contributed by atoms with van der Waals surface area (Å²) >= 11 is 0. The Labute approximate surface area is 102 Å². The number of hydrogen-bond donors (Lipinski definition) is 1. The fourth-order valence-electron chi connectivity index (χ4n) is 1.75. The van der Waals surface area contributed by atoms with Crippen LogP contribution in [0.2, 0.25) is 0 Å². The summed E-state index contributed by atoms with van der Waals surface area (Å²) in [5.41, 5.74) is 5.78. The third kappa shape index (κ3) is 2.50. The Morgan fingerprint density at radius 2 is 2.11 bits per heavy atom. The normalized spacial score (nSPS) is 18.3. The number of methoxy groups -OCH3 is 1. The van der Waals surface area contributed by atoms with E-state index in [-0.39, 0.29) is 18.3 Å². The Kier molecular flexibility index (Phi) is 3.34. The van der Waals surface area contributed by atoms with E-state index in [0.717, 1.165) is 6.07 Å². The van der Waals surface area contributed by atoms with Gasteiger partial charge >= 0.3 is 0 Å². The SMILES string of the molecule is COc1nc(OC2CC(F)(F)C2)c(F)cc1CN. The highest BCUT2D eigenvalue weighted by atomic mass is 19.3. The van der Waals surface area contributed by atoms with Gasteiger partial charge in [0.1, 0.15) is 6.10 Å². The molecule has 2 N–H and O–H groups in total. The second kappa shape index (κ2) is 4.64. The van der Waals surface area contributed by atoms with Gasteiger partial charge < -0.3 is 15.2 Å². The zero-order chi connectivity index (χ0) is 13.3. The van der Waals surface area contributed by atoms with Gasteiger partial charge in [-0.25, -0.2) is 13.2 Å². The van der Waals surface area contributed by atoms with Crippen molar-refractivity contribution in [1.82, 2.24) is 4.98 Å². The predicted octanol–water partition coefficient (Wildman–Crippen LogP) is 1.86. The lowest BCUT2D eigenvalue weighted by molar-refractivity contribution is -0.136. The first-order valence-electron chi connectivity index (χ1n) is 5.43. The maximum absolute atomic E-state index is 13.6. The number of alkyl halides is 2. The Balaban J connectivity index is 2.13. The lowest BCUT2D eigenvalue weighted by Crippen LogP contribution is -2.43. The third-order valence-electron chi connectivity index (χ3n) is 2.73. The number of nitrogens with zero attached hydrogens (tertiary/aromatic N) is 1. The molecule has 1 heterocycles. The van der Waals surface area contributed by atoms with Crippen LogP contribution in [0, 0.1) is 5.82 Å². The largest absolute Gasteiger partial charge is 0.481 e. The van der Waals surface area contributed by atoms with E-state index in [2.05, 4.69) is 4.98 Å². The summed E-state index contributed by atoms with van der Waals surface area (Å²) < 4.78 is 48.8. The zero-order valence-electron chi connectivity index (χ0n) is 9.75. The molecule has 0 bridgehead atoms. The van der Waals surface area contributed by atoms with Crippen LogP contribution in [0.1, 0.15) is 18.4 Å². The molecule has 1 aromatic rings. The number of ether oxygens (including phenoxy) is 2. The van der Waals surface area contributed by atoms with Gasteiger partial charge in [-0.3, -0.25) is 0 Å². The summed E-state index contributed by atoms with van der Waals surface area (Å²) in [5.74, 6) is -3.64. The smallest absolute Gasteiger partial charge is 0.255 e. The van der Waals surface area contributed by atoms with E-state index in [0.29, 0.717) is 5.56 Å². The Hall–Kier alpha value is -1.50. The quantitative estimate of drug-likeness (QED) is 0.899. The molecular weight excluding hydrogens is 249 g/mol. The van der Waals surface area contributed by atoms with E-state index in [1.165, 1.54) is 7.11 Å². The van der Waals surface area contributed by atoms with Crippen molar-refractivity contribution in [3.05, 3.63) is 17.4 Å². The molecule has 1 fully saturated rings. The lowest BCUT2D eigenvalue weighted by Gasteiger charge is -2.34. The highest BCUT2D eigenvalue weighted by Crippen LogP contribution is 2.40. The number of aromatic nitrogens is 1. The van der Waals surface area contributed by atoms with Gasteiger partial charge in [0.25, 0.3) is 11.8 Å². The van der Waals surface area contributed by atoms with Crippen LogP contribution in [-0.2, 0) is 6.54 Å². The van der Waals surface area contributed by atoms with Gasteiger partial charge in [-0.1, -0.05) is 0 Å². The van der Waals surface area contributed by atoms with Crippen LogP contribution in [0.5, 0.6) is 11.8 Å². The molecule has 1 saturated carbocycles. The number of rotatable bonds is 4. The maximum atomic E-state index is 13.6. The van der Waals surface area contributed by atoms with Crippen molar-refractivity contribution in [3.8, 4) is 11.8 Å². The van der Waals surface area contributed by atoms with Crippen molar-refractivity contribution in [2.45, 2.75) is 31.4 Å². The van der Waals surface area contributed by atoms with Gasteiger partial charge in [-0.15, -0.1) is 0 Å². The van der Waals surface area contributed by atoms with Crippen LogP contribution >= 0.6 is 0 Å². The lowest BCUT2D eigenvalue weighted by atomic mass is 9.91. The molecule has 7 heteroatoms. The molecule has 4 nitrogen and oxygen atoms in total. The number of pyridine rings is 1. The minimum atomic E-state index is -2.72. The van der Waals surface area contributed by atoms with Crippen LogP contribution in [0.4, 0.5) is 13.2 Å². The molecule has 0 aromatic carbocycles. The third-order valence-corrected chi connectivity index (χ3v) is 2.73. The first-order valence-corrected chi connectivity index (χ1v) is 5.43. The average molecular weight is 262 g/mol. The molecule has 100 valence electrons. The fourth-order valence-corrected chi connectivity index (χ4v) is 1.75. The molecule has 0 unspecified atom stereocenters. The van der Waals surface area contributed by atoms with Gasteiger partial charge in [0.05, 0.1) is 7.11 Å². The van der Waals surface area contributed by atoms with Gasteiger partial charge in [-0.2, -0.15) is 4.98 Å². The molecular formula is C11H13F3N2O2.